The summed E-state index contributed by atoms with van der Waals surface area (Å²) in [4.78, 5) is 4.38. The number of benzene rings is 2. The highest BCUT2D eigenvalue weighted by molar-refractivity contribution is 7.21. The van der Waals surface area contributed by atoms with Crippen LogP contribution >= 0.6 is 11.3 Å². The quantitative estimate of drug-likeness (QED) is 0.628. The van der Waals surface area contributed by atoms with Crippen molar-refractivity contribution in [3.05, 3.63) is 36.4 Å². The van der Waals surface area contributed by atoms with Crippen LogP contribution in [0.2, 0.25) is 0 Å². The summed E-state index contributed by atoms with van der Waals surface area (Å²) in [5, 5.41) is 29.1. The molecule has 1 heterocycles. The summed E-state index contributed by atoms with van der Waals surface area (Å²) in [7, 11) is 0. The van der Waals surface area contributed by atoms with Crippen molar-refractivity contribution in [2.45, 2.75) is 0 Å². The summed E-state index contributed by atoms with van der Waals surface area (Å²) < 4.78 is 0.845. The van der Waals surface area contributed by atoms with E-state index in [1.54, 1.807) is 24.3 Å². The Balaban J connectivity index is 2.19. The second-order valence-corrected chi connectivity index (χ2v) is 4.90. The first-order valence-electron chi connectivity index (χ1n) is 5.25. The molecule has 90 valence electrons. The number of fused-ring (bicyclic) bond motifs is 1. The maximum absolute atomic E-state index is 9.78. The number of phenolic OH excluding ortho intramolecular Hbond substituents is 3. The molecule has 0 atom stereocenters. The minimum absolute atomic E-state index is 0.00926. The predicted octanol–water partition coefficient (Wildman–Crippen LogP) is 3.08. The zero-order valence-corrected chi connectivity index (χ0v) is 9.98. The highest BCUT2D eigenvalue weighted by Gasteiger charge is 2.11. The van der Waals surface area contributed by atoms with E-state index in [9.17, 15) is 15.3 Å². The third-order valence-electron chi connectivity index (χ3n) is 2.58. The fourth-order valence-electron chi connectivity index (χ4n) is 1.73. The molecule has 0 saturated heterocycles. The van der Waals surface area contributed by atoms with Crippen LogP contribution in [0.4, 0.5) is 0 Å². The fraction of sp³-hybridized carbons (Fsp3) is 0. The minimum atomic E-state index is -0.0155. The summed E-state index contributed by atoms with van der Waals surface area (Å²) >= 11 is 1.37. The van der Waals surface area contributed by atoms with Gasteiger partial charge >= 0.3 is 0 Å². The molecule has 0 fully saturated rings. The minimum Gasteiger partial charge on any atom is -0.508 e. The molecule has 3 rings (SSSR count). The van der Waals surface area contributed by atoms with Crippen LogP contribution in [0, 0.1) is 0 Å². The lowest BCUT2D eigenvalue weighted by Gasteiger charge is -2.00. The number of rotatable bonds is 1. The molecule has 0 saturated carbocycles. The van der Waals surface area contributed by atoms with Gasteiger partial charge in [0, 0.05) is 6.07 Å². The smallest absolute Gasteiger partial charge is 0.129 e. The van der Waals surface area contributed by atoms with Gasteiger partial charge in [0.15, 0.2) is 0 Å². The standard InChI is InChI=1S/C13H9NO3S/c15-7-1-3-9(11(17)5-7)13-14-10-4-2-8(16)6-12(10)18-13/h1-6,15-17H. The summed E-state index contributed by atoms with van der Waals surface area (Å²) in [6.07, 6.45) is 0. The fourth-order valence-corrected chi connectivity index (χ4v) is 2.76. The van der Waals surface area contributed by atoms with Crippen LogP contribution in [0.1, 0.15) is 0 Å². The van der Waals surface area contributed by atoms with Gasteiger partial charge in [0.05, 0.1) is 15.8 Å². The van der Waals surface area contributed by atoms with Crippen molar-refractivity contribution < 1.29 is 15.3 Å². The van der Waals surface area contributed by atoms with Crippen LogP contribution < -0.4 is 0 Å². The van der Waals surface area contributed by atoms with E-state index in [0.717, 1.165) is 10.2 Å². The number of aromatic hydroxyl groups is 3. The molecule has 0 spiro atoms. The molecule has 18 heavy (non-hydrogen) atoms. The molecule has 0 aliphatic carbocycles. The lowest BCUT2D eigenvalue weighted by atomic mass is 10.2. The Morgan fingerprint density at radius 3 is 2.39 bits per heavy atom. The third-order valence-corrected chi connectivity index (χ3v) is 3.64. The first-order chi connectivity index (χ1) is 8.63. The summed E-state index contributed by atoms with van der Waals surface area (Å²) in [5.74, 6) is 0.181. The Morgan fingerprint density at radius 1 is 0.889 bits per heavy atom. The van der Waals surface area contributed by atoms with E-state index >= 15 is 0 Å². The molecule has 2 aromatic carbocycles. The van der Waals surface area contributed by atoms with Crippen molar-refractivity contribution in [3.8, 4) is 27.8 Å². The van der Waals surface area contributed by atoms with Gasteiger partial charge in [-0.15, -0.1) is 11.3 Å². The molecule has 3 N–H and O–H groups in total. The monoisotopic (exact) mass is 259 g/mol. The van der Waals surface area contributed by atoms with Gasteiger partial charge in [0.1, 0.15) is 22.3 Å². The Hall–Kier alpha value is -2.27. The number of thiazole rings is 1. The van der Waals surface area contributed by atoms with Gasteiger partial charge in [-0.05, 0) is 30.3 Å². The third kappa shape index (κ3) is 1.74. The van der Waals surface area contributed by atoms with E-state index in [0.29, 0.717) is 10.6 Å². The van der Waals surface area contributed by atoms with Gasteiger partial charge in [0.25, 0.3) is 0 Å². The number of nitrogens with zero attached hydrogens (tertiary/aromatic N) is 1. The number of hydrogen-bond acceptors (Lipinski definition) is 5. The molecule has 0 radical (unpaired) electrons. The van der Waals surface area contributed by atoms with Crippen LogP contribution in [0.15, 0.2) is 36.4 Å². The average molecular weight is 259 g/mol. The van der Waals surface area contributed by atoms with Crippen molar-refractivity contribution >= 4 is 21.6 Å². The molecule has 5 heteroatoms. The van der Waals surface area contributed by atoms with E-state index in [2.05, 4.69) is 4.98 Å². The van der Waals surface area contributed by atoms with Crippen molar-refractivity contribution in [2.75, 3.05) is 0 Å². The molecule has 0 aliphatic rings. The first-order valence-corrected chi connectivity index (χ1v) is 6.07. The molecule has 0 aliphatic heterocycles. The summed E-state index contributed by atoms with van der Waals surface area (Å²) in [5.41, 5.74) is 1.33. The Kier molecular flexibility index (Phi) is 2.34. The lowest BCUT2D eigenvalue weighted by Crippen LogP contribution is -1.77. The number of aromatic nitrogens is 1. The zero-order valence-electron chi connectivity index (χ0n) is 9.16. The van der Waals surface area contributed by atoms with Crippen LogP contribution in [-0.4, -0.2) is 20.3 Å². The van der Waals surface area contributed by atoms with E-state index in [4.69, 9.17) is 0 Å². The van der Waals surface area contributed by atoms with E-state index in [1.165, 1.54) is 23.5 Å². The highest BCUT2D eigenvalue weighted by Crippen LogP contribution is 2.37. The molecule has 1 aromatic heterocycles. The SMILES string of the molecule is Oc1ccc(-c2nc3ccc(O)cc3s2)c(O)c1. The summed E-state index contributed by atoms with van der Waals surface area (Å²) in [6, 6.07) is 9.32. The van der Waals surface area contributed by atoms with E-state index in [1.807, 2.05) is 0 Å². The van der Waals surface area contributed by atoms with Crippen LogP contribution in [0.3, 0.4) is 0 Å². The second-order valence-electron chi connectivity index (χ2n) is 3.87. The van der Waals surface area contributed by atoms with Crippen molar-refractivity contribution in [3.63, 3.8) is 0 Å². The maximum atomic E-state index is 9.78. The van der Waals surface area contributed by atoms with Gasteiger partial charge < -0.3 is 15.3 Å². The Labute approximate surface area is 106 Å². The maximum Gasteiger partial charge on any atom is 0.129 e. The highest BCUT2D eigenvalue weighted by atomic mass is 32.1. The van der Waals surface area contributed by atoms with E-state index in [-0.39, 0.29) is 17.2 Å². The number of hydrogen-bond donors (Lipinski definition) is 3. The topological polar surface area (TPSA) is 73.6 Å². The largest absolute Gasteiger partial charge is 0.508 e. The van der Waals surface area contributed by atoms with Crippen LogP contribution in [0.25, 0.3) is 20.8 Å². The molecule has 4 nitrogen and oxygen atoms in total. The summed E-state index contributed by atoms with van der Waals surface area (Å²) in [6.45, 7) is 0. The predicted molar refractivity (Wildman–Crippen MR) is 70.1 cm³/mol. The van der Waals surface area contributed by atoms with Gasteiger partial charge in [0.2, 0.25) is 0 Å². The van der Waals surface area contributed by atoms with Gasteiger partial charge in [-0.2, -0.15) is 0 Å². The second kappa shape index (κ2) is 3.89. The Morgan fingerprint density at radius 2 is 1.61 bits per heavy atom. The van der Waals surface area contributed by atoms with Gasteiger partial charge in [-0.1, -0.05) is 0 Å². The average Bonchev–Trinajstić information content (AvgIpc) is 2.71. The van der Waals surface area contributed by atoms with Crippen LogP contribution in [-0.2, 0) is 0 Å². The molecule has 3 aromatic rings. The normalized spacial score (nSPS) is 10.9. The lowest BCUT2D eigenvalue weighted by molar-refractivity contribution is 0.452. The van der Waals surface area contributed by atoms with Crippen molar-refractivity contribution in [2.24, 2.45) is 0 Å². The Bertz CT molecular complexity index is 736. The van der Waals surface area contributed by atoms with Gasteiger partial charge in [-0.25, -0.2) is 4.98 Å². The van der Waals surface area contributed by atoms with Gasteiger partial charge in [-0.3, -0.25) is 0 Å². The van der Waals surface area contributed by atoms with Crippen LogP contribution in [0.5, 0.6) is 17.2 Å². The van der Waals surface area contributed by atoms with E-state index < -0.39 is 0 Å². The molecule has 0 unspecified atom stereocenters. The zero-order chi connectivity index (χ0) is 12.7. The molecule has 0 amide bonds. The number of phenols is 3. The van der Waals surface area contributed by atoms with Crippen molar-refractivity contribution in [1.29, 1.82) is 0 Å². The molecule has 0 bridgehead atoms. The molecular weight excluding hydrogens is 250 g/mol. The molecular formula is C13H9NO3S. The first kappa shape index (κ1) is 10.9. The van der Waals surface area contributed by atoms with Crippen molar-refractivity contribution in [1.82, 2.24) is 4.98 Å².